The molecule has 1 aliphatic heterocycles. The summed E-state index contributed by atoms with van der Waals surface area (Å²) in [6.45, 7) is 0.319. The van der Waals surface area contributed by atoms with Crippen molar-refractivity contribution in [3.63, 3.8) is 0 Å². The summed E-state index contributed by atoms with van der Waals surface area (Å²) in [7, 11) is 1.60. The number of pyridine rings is 1. The van der Waals surface area contributed by atoms with Crippen LogP contribution in [0, 0.1) is 0 Å². The van der Waals surface area contributed by atoms with E-state index in [1.807, 2.05) is 48.5 Å². The van der Waals surface area contributed by atoms with Gasteiger partial charge in [0, 0.05) is 17.8 Å². The number of benzene rings is 2. The van der Waals surface area contributed by atoms with Gasteiger partial charge in [-0.25, -0.2) is 9.98 Å². The smallest absolute Gasteiger partial charge is 0.240 e. The highest BCUT2D eigenvalue weighted by molar-refractivity contribution is 6.30. The first kappa shape index (κ1) is 22.5. The summed E-state index contributed by atoms with van der Waals surface area (Å²) < 4.78 is 5.21. The second kappa shape index (κ2) is 10.3. The number of carbonyl (C=O) groups is 2. The van der Waals surface area contributed by atoms with E-state index in [1.165, 1.54) is 4.90 Å². The number of hydrogen-bond acceptors (Lipinski definition) is 5. The van der Waals surface area contributed by atoms with Gasteiger partial charge in [0.25, 0.3) is 0 Å². The van der Waals surface area contributed by atoms with Crippen molar-refractivity contribution in [2.45, 2.75) is 12.8 Å². The number of halogens is 1. The summed E-state index contributed by atoms with van der Waals surface area (Å²) in [6.07, 6.45) is 2.31. The highest BCUT2D eigenvalue weighted by atomic mass is 35.5. The van der Waals surface area contributed by atoms with Crippen molar-refractivity contribution >= 4 is 40.6 Å². The van der Waals surface area contributed by atoms with Crippen LogP contribution in [0.15, 0.2) is 71.9 Å². The Balaban J connectivity index is 1.46. The van der Waals surface area contributed by atoms with E-state index in [9.17, 15) is 9.59 Å². The quantitative estimate of drug-likeness (QED) is 0.576. The molecule has 0 saturated heterocycles. The van der Waals surface area contributed by atoms with Crippen LogP contribution in [0.4, 0.5) is 11.5 Å². The Bertz CT molecular complexity index is 1180. The van der Waals surface area contributed by atoms with Crippen LogP contribution in [0.25, 0.3) is 0 Å². The third-order valence-corrected chi connectivity index (χ3v) is 5.52. The first-order chi connectivity index (χ1) is 16.0. The number of methoxy groups -OCH3 is 1. The molecule has 1 N–H and O–H groups in total. The lowest BCUT2D eigenvalue weighted by molar-refractivity contribution is -0.123. The summed E-state index contributed by atoms with van der Waals surface area (Å²) in [6, 6.07) is 18.4. The van der Waals surface area contributed by atoms with E-state index in [1.54, 1.807) is 25.4 Å². The van der Waals surface area contributed by atoms with Crippen molar-refractivity contribution in [3.05, 3.63) is 83.0 Å². The monoisotopic (exact) mass is 462 g/mol. The number of rotatable bonds is 7. The molecular formula is C25H23ClN4O3. The van der Waals surface area contributed by atoms with Crippen LogP contribution in [0.2, 0.25) is 5.02 Å². The molecular weight excluding hydrogens is 440 g/mol. The molecule has 168 valence electrons. The van der Waals surface area contributed by atoms with Crippen molar-refractivity contribution in [2.75, 3.05) is 25.1 Å². The van der Waals surface area contributed by atoms with Gasteiger partial charge in [-0.05, 0) is 66.1 Å². The normalized spacial score (nSPS) is 13.1. The molecule has 8 heteroatoms. The number of hydrogen-bond donors (Lipinski definition) is 1. The van der Waals surface area contributed by atoms with Gasteiger partial charge in [-0.3, -0.25) is 14.5 Å². The van der Waals surface area contributed by atoms with Crippen LogP contribution in [-0.4, -0.2) is 42.7 Å². The summed E-state index contributed by atoms with van der Waals surface area (Å²) in [5.41, 5.74) is 3.04. The molecule has 0 aliphatic carbocycles. The summed E-state index contributed by atoms with van der Waals surface area (Å²) in [5, 5.41) is 3.55. The van der Waals surface area contributed by atoms with Crippen LogP contribution >= 0.6 is 11.6 Å². The van der Waals surface area contributed by atoms with Crippen molar-refractivity contribution in [1.29, 1.82) is 0 Å². The lowest BCUT2D eigenvalue weighted by Crippen LogP contribution is -2.42. The Hall–Kier alpha value is -3.71. The van der Waals surface area contributed by atoms with Crippen molar-refractivity contribution in [3.8, 4) is 5.75 Å². The number of aromatic nitrogens is 1. The molecule has 0 bridgehead atoms. The molecule has 3 aromatic rings. The molecule has 2 amide bonds. The molecule has 33 heavy (non-hydrogen) atoms. The molecule has 2 heterocycles. The SMILES string of the molecule is COc1ccc(C2=Nc3cccnc3N(CC(=O)NCCc3ccc(Cl)cc3)C(=O)C2)cc1. The minimum atomic E-state index is -0.262. The zero-order valence-corrected chi connectivity index (χ0v) is 18.9. The molecule has 0 spiro atoms. The van der Waals surface area contributed by atoms with Crippen molar-refractivity contribution < 1.29 is 14.3 Å². The molecule has 0 radical (unpaired) electrons. The molecule has 0 atom stereocenters. The fraction of sp³-hybridized carbons (Fsp3) is 0.200. The number of amides is 2. The number of fused-ring (bicyclic) bond motifs is 1. The topological polar surface area (TPSA) is 83.9 Å². The average Bonchev–Trinajstić information content (AvgIpc) is 2.97. The van der Waals surface area contributed by atoms with Gasteiger partial charge in [0.15, 0.2) is 5.82 Å². The average molecular weight is 463 g/mol. The van der Waals surface area contributed by atoms with Crippen molar-refractivity contribution in [2.24, 2.45) is 4.99 Å². The Kier molecular flexibility index (Phi) is 7.00. The second-order valence-electron chi connectivity index (χ2n) is 7.52. The maximum absolute atomic E-state index is 13.1. The fourth-order valence-electron chi connectivity index (χ4n) is 3.54. The molecule has 0 unspecified atom stereocenters. The van der Waals surface area contributed by atoms with Gasteiger partial charge in [-0.1, -0.05) is 23.7 Å². The van der Waals surface area contributed by atoms with E-state index in [-0.39, 0.29) is 24.8 Å². The lowest BCUT2D eigenvalue weighted by atomic mass is 10.1. The number of nitrogens with one attached hydrogen (secondary N) is 1. The van der Waals surface area contributed by atoms with Gasteiger partial charge in [-0.2, -0.15) is 0 Å². The van der Waals surface area contributed by atoms with E-state index < -0.39 is 0 Å². The van der Waals surface area contributed by atoms with Gasteiger partial charge >= 0.3 is 0 Å². The zero-order valence-electron chi connectivity index (χ0n) is 18.1. The number of nitrogens with zero attached hydrogens (tertiary/aromatic N) is 3. The number of anilines is 1. The van der Waals surface area contributed by atoms with E-state index >= 15 is 0 Å². The predicted molar refractivity (Wildman–Crippen MR) is 129 cm³/mol. The Labute approximate surface area is 197 Å². The zero-order chi connectivity index (χ0) is 23.2. The third kappa shape index (κ3) is 5.56. The minimum absolute atomic E-state index is 0.0563. The highest BCUT2D eigenvalue weighted by Gasteiger charge is 2.27. The Morgan fingerprint density at radius 1 is 1.12 bits per heavy atom. The summed E-state index contributed by atoms with van der Waals surface area (Å²) >= 11 is 5.91. The first-order valence-electron chi connectivity index (χ1n) is 10.5. The summed E-state index contributed by atoms with van der Waals surface area (Å²) in [5.74, 6) is 0.591. The highest BCUT2D eigenvalue weighted by Crippen LogP contribution is 2.31. The van der Waals surface area contributed by atoms with Crippen LogP contribution < -0.4 is 15.0 Å². The molecule has 1 aromatic heterocycles. The van der Waals surface area contributed by atoms with Crippen LogP contribution in [0.5, 0.6) is 5.75 Å². The molecule has 0 fully saturated rings. The number of carbonyl (C=O) groups excluding carboxylic acids is 2. The van der Waals surface area contributed by atoms with Gasteiger partial charge < -0.3 is 10.1 Å². The lowest BCUT2D eigenvalue weighted by Gasteiger charge is -2.20. The van der Waals surface area contributed by atoms with Gasteiger partial charge in [0.05, 0.1) is 19.2 Å². The maximum atomic E-state index is 13.1. The fourth-order valence-corrected chi connectivity index (χ4v) is 3.66. The Morgan fingerprint density at radius 3 is 2.61 bits per heavy atom. The van der Waals surface area contributed by atoms with Crippen molar-refractivity contribution in [1.82, 2.24) is 10.3 Å². The molecule has 1 aliphatic rings. The molecule has 2 aromatic carbocycles. The van der Waals surface area contributed by atoms with E-state index in [4.69, 9.17) is 21.3 Å². The predicted octanol–water partition coefficient (Wildman–Crippen LogP) is 3.96. The number of aliphatic imine (C=N–C) groups is 1. The van der Waals surface area contributed by atoms with Gasteiger partial charge in [-0.15, -0.1) is 0 Å². The Morgan fingerprint density at radius 2 is 1.88 bits per heavy atom. The maximum Gasteiger partial charge on any atom is 0.240 e. The molecule has 0 saturated carbocycles. The van der Waals surface area contributed by atoms with E-state index in [2.05, 4.69) is 10.3 Å². The van der Waals surface area contributed by atoms with Gasteiger partial charge in [0.1, 0.15) is 18.0 Å². The first-order valence-corrected chi connectivity index (χ1v) is 10.9. The van der Waals surface area contributed by atoms with E-state index in [0.717, 1.165) is 16.9 Å². The summed E-state index contributed by atoms with van der Waals surface area (Å²) in [4.78, 5) is 36.2. The standard InChI is InChI=1S/C25H23ClN4O3/c1-33-20-10-6-18(7-11-20)22-15-24(32)30(25-21(29-22)3-2-13-28-25)16-23(31)27-14-12-17-4-8-19(26)9-5-17/h2-11,13H,12,14-16H2,1H3,(H,27,31). The molecule has 7 nitrogen and oxygen atoms in total. The van der Waals surface area contributed by atoms with Crippen LogP contribution in [0.3, 0.4) is 0 Å². The second-order valence-corrected chi connectivity index (χ2v) is 7.95. The van der Waals surface area contributed by atoms with E-state index in [0.29, 0.717) is 35.2 Å². The van der Waals surface area contributed by atoms with Crippen LogP contribution in [-0.2, 0) is 16.0 Å². The van der Waals surface area contributed by atoms with Crippen LogP contribution in [0.1, 0.15) is 17.5 Å². The molecule has 4 rings (SSSR count). The third-order valence-electron chi connectivity index (χ3n) is 5.27. The minimum Gasteiger partial charge on any atom is -0.497 e. The van der Waals surface area contributed by atoms with Gasteiger partial charge in [0.2, 0.25) is 11.8 Å². The largest absolute Gasteiger partial charge is 0.497 e. The number of ether oxygens (including phenoxy) is 1.